The standard InChI is InChI=1S/C18H30N2O/c1-13(2)9-10-20(17-6-7-17)12-16-11-15(14(3)19)5-8-18(16)21-4/h5,8,11,13-14,17H,6-7,9-10,12,19H2,1-4H3. The van der Waals surface area contributed by atoms with E-state index >= 15 is 0 Å². The Morgan fingerprint density at radius 2 is 2.00 bits per heavy atom. The van der Waals surface area contributed by atoms with E-state index < -0.39 is 0 Å². The van der Waals surface area contributed by atoms with Crippen LogP contribution in [0.5, 0.6) is 5.75 Å². The third kappa shape index (κ3) is 4.72. The molecule has 0 amide bonds. The number of ether oxygens (including phenoxy) is 1. The van der Waals surface area contributed by atoms with Crippen LogP contribution in [0.1, 0.15) is 57.2 Å². The number of nitrogens with zero attached hydrogens (tertiary/aromatic N) is 1. The molecule has 0 saturated heterocycles. The fraction of sp³-hybridized carbons (Fsp3) is 0.667. The Morgan fingerprint density at radius 1 is 1.29 bits per heavy atom. The topological polar surface area (TPSA) is 38.5 Å². The van der Waals surface area contributed by atoms with Gasteiger partial charge < -0.3 is 10.5 Å². The smallest absolute Gasteiger partial charge is 0.123 e. The van der Waals surface area contributed by atoms with Gasteiger partial charge in [0.1, 0.15) is 5.75 Å². The predicted octanol–water partition coefficient (Wildman–Crippen LogP) is 3.73. The van der Waals surface area contributed by atoms with Gasteiger partial charge in [0.05, 0.1) is 7.11 Å². The molecule has 0 heterocycles. The number of hydrogen-bond donors (Lipinski definition) is 1. The van der Waals surface area contributed by atoms with Gasteiger partial charge in [-0.05, 0) is 56.3 Å². The molecule has 1 atom stereocenters. The molecule has 0 spiro atoms. The minimum atomic E-state index is 0.0692. The van der Waals surface area contributed by atoms with Crippen LogP contribution in [0.15, 0.2) is 18.2 Å². The first-order chi connectivity index (χ1) is 10.0. The van der Waals surface area contributed by atoms with Crippen molar-refractivity contribution in [2.75, 3.05) is 13.7 Å². The van der Waals surface area contributed by atoms with E-state index in [4.69, 9.17) is 10.5 Å². The molecule has 1 saturated carbocycles. The van der Waals surface area contributed by atoms with Crippen LogP contribution in [0.2, 0.25) is 0 Å². The average Bonchev–Trinajstić information content (AvgIpc) is 3.27. The van der Waals surface area contributed by atoms with Crippen molar-refractivity contribution in [1.82, 2.24) is 4.90 Å². The lowest BCUT2D eigenvalue weighted by Gasteiger charge is -2.24. The molecule has 1 fully saturated rings. The highest BCUT2D eigenvalue weighted by molar-refractivity contribution is 5.38. The SMILES string of the molecule is COc1ccc(C(C)N)cc1CN(CCC(C)C)C1CC1. The molecule has 3 nitrogen and oxygen atoms in total. The number of rotatable bonds is 8. The lowest BCUT2D eigenvalue weighted by molar-refractivity contribution is 0.236. The third-order valence-corrected chi connectivity index (χ3v) is 4.26. The van der Waals surface area contributed by atoms with E-state index in [2.05, 4.69) is 36.9 Å². The molecule has 1 aromatic rings. The van der Waals surface area contributed by atoms with Crippen LogP contribution < -0.4 is 10.5 Å². The van der Waals surface area contributed by atoms with Gasteiger partial charge in [0, 0.05) is 24.2 Å². The third-order valence-electron chi connectivity index (χ3n) is 4.26. The normalized spacial score (nSPS) is 16.5. The molecule has 2 N–H and O–H groups in total. The zero-order chi connectivity index (χ0) is 15.4. The summed E-state index contributed by atoms with van der Waals surface area (Å²) in [6.07, 6.45) is 3.94. The summed E-state index contributed by atoms with van der Waals surface area (Å²) < 4.78 is 5.54. The molecular weight excluding hydrogens is 260 g/mol. The van der Waals surface area contributed by atoms with Gasteiger partial charge in [-0.1, -0.05) is 19.9 Å². The van der Waals surface area contributed by atoms with E-state index in [1.807, 2.05) is 6.92 Å². The van der Waals surface area contributed by atoms with Crippen LogP contribution in [0.3, 0.4) is 0 Å². The molecule has 21 heavy (non-hydrogen) atoms. The number of methoxy groups -OCH3 is 1. The second kappa shape index (κ2) is 7.28. The van der Waals surface area contributed by atoms with Gasteiger partial charge >= 0.3 is 0 Å². The minimum Gasteiger partial charge on any atom is -0.496 e. The lowest BCUT2D eigenvalue weighted by Crippen LogP contribution is -2.28. The van der Waals surface area contributed by atoms with Crippen molar-refractivity contribution in [3.05, 3.63) is 29.3 Å². The average molecular weight is 290 g/mol. The van der Waals surface area contributed by atoms with Crippen molar-refractivity contribution in [3.8, 4) is 5.75 Å². The number of hydrogen-bond acceptors (Lipinski definition) is 3. The van der Waals surface area contributed by atoms with Crippen LogP contribution in [-0.2, 0) is 6.54 Å². The molecular formula is C18H30N2O. The van der Waals surface area contributed by atoms with Crippen molar-refractivity contribution in [1.29, 1.82) is 0 Å². The van der Waals surface area contributed by atoms with Crippen LogP contribution in [-0.4, -0.2) is 24.6 Å². The summed E-state index contributed by atoms with van der Waals surface area (Å²) in [7, 11) is 1.75. The van der Waals surface area contributed by atoms with Gasteiger partial charge in [0.15, 0.2) is 0 Å². The van der Waals surface area contributed by atoms with Crippen molar-refractivity contribution < 1.29 is 4.74 Å². The Balaban J connectivity index is 2.12. The molecule has 1 aliphatic carbocycles. The van der Waals surface area contributed by atoms with Crippen LogP contribution in [0.25, 0.3) is 0 Å². The fourth-order valence-corrected chi connectivity index (χ4v) is 2.68. The summed E-state index contributed by atoms with van der Waals surface area (Å²) in [5.41, 5.74) is 8.47. The Kier molecular flexibility index (Phi) is 5.65. The minimum absolute atomic E-state index is 0.0692. The maximum absolute atomic E-state index is 6.02. The second-order valence-electron chi connectivity index (χ2n) is 6.74. The molecule has 3 heteroatoms. The van der Waals surface area contributed by atoms with Gasteiger partial charge in [-0.15, -0.1) is 0 Å². The molecule has 0 bridgehead atoms. The highest BCUT2D eigenvalue weighted by Crippen LogP contribution is 2.31. The first-order valence-electron chi connectivity index (χ1n) is 8.17. The highest BCUT2D eigenvalue weighted by Gasteiger charge is 2.29. The van der Waals surface area contributed by atoms with Gasteiger partial charge in [0.25, 0.3) is 0 Å². The van der Waals surface area contributed by atoms with E-state index in [9.17, 15) is 0 Å². The Bertz CT molecular complexity index is 453. The Labute approximate surface area is 129 Å². The summed E-state index contributed by atoms with van der Waals surface area (Å²) in [6, 6.07) is 7.19. The Morgan fingerprint density at radius 3 is 2.52 bits per heavy atom. The zero-order valence-corrected chi connectivity index (χ0v) is 13.9. The first kappa shape index (κ1) is 16.3. The summed E-state index contributed by atoms with van der Waals surface area (Å²) in [5, 5.41) is 0. The van der Waals surface area contributed by atoms with E-state index in [1.54, 1.807) is 7.11 Å². The summed E-state index contributed by atoms with van der Waals surface area (Å²) >= 11 is 0. The van der Waals surface area contributed by atoms with E-state index in [1.165, 1.54) is 36.9 Å². The molecule has 1 aromatic carbocycles. The molecule has 0 aromatic heterocycles. The molecule has 2 rings (SSSR count). The van der Waals surface area contributed by atoms with E-state index in [-0.39, 0.29) is 6.04 Å². The monoisotopic (exact) mass is 290 g/mol. The largest absolute Gasteiger partial charge is 0.496 e. The Hall–Kier alpha value is -1.06. The van der Waals surface area contributed by atoms with Crippen molar-refractivity contribution in [2.45, 2.75) is 58.7 Å². The summed E-state index contributed by atoms with van der Waals surface area (Å²) in [6.45, 7) is 8.77. The summed E-state index contributed by atoms with van der Waals surface area (Å²) in [4.78, 5) is 2.61. The van der Waals surface area contributed by atoms with Crippen molar-refractivity contribution >= 4 is 0 Å². The zero-order valence-electron chi connectivity index (χ0n) is 13.9. The fourth-order valence-electron chi connectivity index (χ4n) is 2.68. The van der Waals surface area contributed by atoms with Gasteiger partial charge in [0.2, 0.25) is 0 Å². The first-order valence-corrected chi connectivity index (χ1v) is 8.17. The highest BCUT2D eigenvalue weighted by atomic mass is 16.5. The predicted molar refractivity (Wildman–Crippen MR) is 88.5 cm³/mol. The maximum Gasteiger partial charge on any atom is 0.123 e. The van der Waals surface area contributed by atoms with Gasteiger partial charge in [-0.2, -0.15) is 0 Å². The molecule has 118 valence electrons. The van der Waals surface area contributed by atoms with E-state index in [0.717, 1.165) is 24.3 Å². The quantitative estimate of drug-likeness (QED) is 0.793. The van der Waals surface area contributed by atoms with Crippen LogP contribution >= 0.6 is 0 Å². The molecule has 1 aliphatic rings. The van der Waals surface area contributed by atoms with E-state index in [0.29, 0.717) is 0 Å². The lowest BCUT2D eigenvalue weighted by atomic mass is 10.0. The number of nitrogens with two attached hydrogens (primary N) is 1. The van der Waals surface area contributed by atoms with Crippen molar-refractivity contribution in [2.24, 2.45) is 11.7 Å². The second-order valence-corrected chi connectivity index (χ2v) is 6.74. The van der Waals surface area contributed by atoms with Gasteiger partial charge in [-0.3, -0.25) is 4.90 Å². The molecule has 0 aliphatic heterocycles. The van der Waals surface area contributed by atoms with Crippen LogP contribution in [0, 0.1) is 5.92 Å². The molecule has 1 unspecified atom stereocenters. The molecule has 0 radical (unpaired) electrons. The van der Waals surface area contributed by atoms with Crippen LogP contribution in [0.4, 0.5) is 0 Å². The summed E-state index contributed by atoms with van der Waals surface area (Å²) in [5.74, 6) is 1.73. The van der Waals surface area contributed by atoms with Crippen molar-refractivity contribution in [3.63, 3.8) is 0 Å². The maximum atomic E-state index is 6.02. The van der Waals surface area contributed by atoms with Gasteiger partial charge in [-0.25, -0.2) is 0 Å². The number of benzene rings is 1.